The van der Waals surface area contributed by atoms with Crippen molar-refractivity contribution in [1.29, 1.82) is 0 Å². The minimum absolute atomic E-state index is 0. The molecule has 3 aromatic rings. The maximum Gasteiger partial charge on any atom is 2.00 e. The summed E-state index contributed by atoms with van der Waals surface area (Å²) in [5, 5.41) is 22.9. The van der Waals surface area contributed by atoms with Crippen LogP contribution in [0.5, 0.6) is 0 Å². The Hall–Kier alpha value is -1.69. The van der Waals surface area contributed by atoms with Crippen molar-refractivity contribution < 1.29 is 69.8 Å². The van der Waals surface area contributed by atoms with Gasteiger partial charge in [-0.3, -0.25) is 4.79 Å². The Bertz CT molecular complexity index is 1270. The van der Waals surface area contributed by atoms with Crippen LogP contribution in [-0.4, -0.2) is 23.6 Å². The first kappa shape index (κ1) is 27.3. The van der Waals surface area contributed by atoms with E-state index in [-0.39, 0.29) is 85.2 Å². The van der Waals surface area contributed by atoms with Crippen LogP contribution in [0.2, 0.25) is 0 Å². The summed E-state index contributed by atoms with van der Waals surface area (Å²) in [4.78, 5) is 23.9. The van der Waals surface area contributed by atoms with E-state index in [4.69, 9.17) is 0 Å². The van der Waals surface area contributed by atoms with Gasteiger partial charge in [-0.05, 0) is 41.1 Å². The average Bonchev–Trinajstić information content (AvgIpc) is 2.93. The number of hydrogen-bond acceptors (Lipinski definition) is 9. The molecule has 0 bridgehead atoms. The van der Waals surface area contributed by atoms with Crippen LogP contribution >= 0.6 is 10.8 Å². The summed E-state index contributed by atoms with van der Waals surface area (Å²) in [6.07, 6.45) is 0. The van der Waals surface area contributed by atoms with Gasteiger partial charge in [0.05, 0.1) is 11.7 Å². The molecule has 0 saturated heterocycles. The fourth-order valence-corrected chi connectivity index (χ4v) is 3.91. The zero-order valence-corrected chi connectivity index (χ0v) is 21.0. The molecule has 10 nitrogen and oxygen atoms in total. The molecule has 0 unspecified atom stereocenters. The third-order valence-electron chi connectivity index (χ3n) is 3.65. The van der Waals surface area contributed by atoms with Crippen molar-refractivity contribution >= 4 is 37.3 Å². The van der Waals surface area contributed by atoms with Gasteiger partial charge in [-0.2, -0.15) is 0 Å². The van der Waals surface area contributed by atoms with Crippen LogP contribution in [0, 0.1) is 6.92 Å². The van der Waals surface area contributed by atoms with Gasteiger partial charge in [-0.15, -0.1) is 15.9 Å². The molecule has 0 aliphatic heterocycles. The van der Waals surface area contributed by atoms with Gasteiger partial charge < -0.3 is 24.2 Å². The van der Waals surface area contributed by atoms with Gasteiger partial charge in [-0.1, -0.05) is 25.1 Å². The number of aromatic carboxylic acids is 1. The summed E-state index contributed by atoms with van der Waals surface area (Å²) in [7, 11) is -4.35. The molecule has 31 heavy (non-hydrogen) atoms. The smallest absolute Gasteiger partial charge is 0.739 e. The molecule has 0 spiro atoms. The van der Waals surface area contributed by atoms with Crippen LogP contribution in [-0.2, 0) is 26.5 Å². The second-order valence-corrected chi connectivity index (χ2v) is 8.82. The van der Waals surface area contributed by atoms with Crippen LogP contribution in [0.25, 0.3) is 5.69 Å². The van der Waals surface area contributed by atoms with Crippen LogP contribution in [0.1, 0.15) is 16.1 Å². The summed E-state index contributed by atoms with van der Waals surface area (Å²) in [5.74, 6) is -1.42. The molecule has 0 saturated carbocycles. The van der Waals surface area contributed by atoms with E-state index in [2.05, 4.69) is 15.3 Å². The molecule has 0 fully saturated rings. The van der Waals surface area contributed by atoms with E-state index in [1.54, 1.807) is 6.07 Å². The van der Waals surface area contributed by atoms with Gasteiger partial charge in [0.2, 0.25) is 0 Å². The SMILES string of the molecule is Cc1[n-]n(-c2ccc(SS(=O)(=O)[O-])cc2)c(=O)c1N=Nc1ccccc1C(=O)[O-].[Cr+2].[Na+]. The van der Waals surface area contributed by atoms with Crippen molar-refractivity contribution in [3.8, 4) is 5.69 Å². The Morgan fingerprint density at radius 1 is 1.10 bits per heavy atom. The Morgan fingerprint density at radius 3 is 2.29 bits per heavy atom. The maximum absolute atomic E-state index is 12.6. The van der Waals surface area contributed by atoms with Gasteiger partial charge in [-0.25, -0.2) is 8.42 Å². The molecule has 0 aliphatic rings. The number of carbonyl (C=O) groups excluding carboxylic acids is 1. The normalized spacial score (nSPS) is 11.0. The van der Waals surface area contributed by atoms with Crippen LogP contribution in [0.15, 0.2) is 68.4 Å². The van der Waals surface area contributed by atoms with Crippen LogP contribution < -0.4 is 45.3 Å². The number of aromatic nitrogens is 2. The zero-order chi connectivity index (χ0) is 21.2. The fraction of sp³-hybridized carbons (Fsp3) is 0.0588. The Morgan fingerprint density at radius 2 is 1.71 bits per heavy atom. The Labute approximate surface area is 213 Å². The second kappa shape index (κ2) is 11.3. The average molecular weight is 506 g/mol. The van der Waals surface area contributed by atoms with Crippen LogP contribution in [0.3, 0.4) is 0 Å². The Balaban J connectivity index is 0.00000240. The van der Waals surface area contributed by atoms with E-state index >= 15 is 0 Å². The monoisotopic (exact) mass is 506 g/mol. The number of carboxylic acid groups (broad SMARTS) is 1. The van der Waals surface area contributed by atoms with Crippen molar-refractivity contribution in [2.45, 2.75) is 11.8 Å². The number of carbonyl (C=O) groups is 1. The van der Waals surface area contributed by atoms with E-state index in [0.717, 1.165) is 4.68 Å². The predicted molar refractivity (Wildman–Crippen MR) is 101 cm³/mol. The van der Waals surface area contributed by atoms with E-state index in [1.165, 1.54) is 49.4 Å². The molecule has 0 atom stereocenters. The van der Waals surface area contributed by atoms with Crippen molar-refractivity contribution in [3.05, 3.63) is 70.1 Å². The molecule has 1 aromatic heterocycles. The van der Waals surface area contributed by atoms with Gasteiger partial charge >= 0.3 is 46.9 Å². The second-order valence-electron chi connectivity index (χ2n) is 5.64. The minimum Gasteiger partial charge on any atom is -0.739 e. The molecule has 154 valence electrons. The number of nitrogens with zero attached hydrogens (tertiary/aromatic N) is 4. The fourth-order valence-electron chi connectivity index (χ4n) is 2.39. The number of rotatable bonds is 6. The van der Waals surface area contributed by atoms with E-state index < -0.39 is 20.7 Å². The van der Waals surface area contributed by atoms with E-state index in [9.17, 15) is 27.7 Å². The first-order chi connectivity index (χ1) is 13.7. The van der Waals surface area contributed by atoms with E-state index in [1.807, 2.05) is 0 Å². The standard InChI is InChI=1S/C17H14N4O6S2.Cr.Na/c1-10-15(19-18-14-5-3-2-4-13(14)17(23)24)16(22)21(20-10)11-6-8-12(9-7-11)28-29(25,26)27;;/h2-9H,1H3,(H3,18,20,22,23,24,25,26,27);;/q;+2;+1/p-3. The van der Waals surface area contributed by atoms with E-state index in [0.29, 0.717) is 5.69 Å². The molecule has 0 aliphatic carbocycles. The van der Waals surface area contributed by atoms with Gasteiger partial charge in [0, 0.05) is 16.1 Å². The first-order valence-corrected chi connectivity index (χ1v) is 10.6. The predicted octanol–water partition coefficient (Wildman–Crippen LogP) is -1.56. The number of aryl methyl sites for hydroxylation is 1. The molecule has 3 rings (SSSR count). The third-order valence-corrected chi connectivity index (χ3v) is 5.51. The zero-order valence-electron chi connectivity index (χ0n) is 16.1. The first-order valence-electron chi connectivity index (χ1n) is 7.90. The Kier molecular flexibility index (Phi) is 9.93. The van der Waals surface area contributed by atoms with Gasteiger partial charge in [0.25, 0.3) is 5.56 Å². The molecule has 2 aromatic carbocycles. The number of carboxylic acids is 1. The molecule has 0 amide bonds. The summed E-state index contributed by atoms with van der Waals surface area (Å²) in [5.41, 5.74) is -0.255. The summed E-state index contributed by atoms with van der Waals surface area (Å²) >= 11 is 0. The molecule has 1 heterocycles. The molecular formula is C17H11CrN4NaO6S2. The van der Waals surface area contributed by atoms with Gasteiger partial charge in [0.1, 0.15) is 5.69 Å². The number of azo groups is 1. The van der Waals surface area contributed by atoms with Crippen LogP contribution in [0.4, 0.5) is 11.4 Å². The summed E-state index contributed by atoms with van der Waals surface area (Å²) < 4.78 is 33.4. The van der Waals surface area contributed by atoms with Crippen molar-refractivity contribution in [1.82, 2.24) is 9.78 Å². The quantitative estimate of drug-likeness (QED) is 0.168. The third kappa shape index (κ3) is 6.90. The van der Waals surface area contributed by atoms with Crippen molar-refractivity contribution in [2.24, 2.45) is 10.2 Å². The van der Waals surface area contributed by atoms with Crippen molar-refractivity contribution in [2.75, 3.05) is 0 Å². The molecular weight excluding hydrogens is 495 g/mol. The molecule has 0 N–H and O–H groups in total. The summed E-state index contributed by atoms with van der Waals surface area (Å²) in [6, 6.07) is 11.4. The largest absolute Gasteiger partial charge is 2.00 e. The van der Waals surface area contributed by atoms with Gasteiger partial charge in [0.15, 0.2) is 9.15 Å². The number of hydrogen-bond donors (Lipinski definition) is 0. The van der Waals surface area contributed by atoms with Crippen molar-refractivity contribution in [3.63, 3.8) is 0 Å². The topological polar surface area (TPSA) is 158 Å². The molecule has 14 heteroatoms. The summed E-state index contributed by atoms with van der Waals surface area (Å²) in [6.45, 7) is 1.53. The minimum atomic E-state index is -4.50. The number of benzene rings is 2. The maximum atomic E-state index is 12.6. The molecule has 0 radical (unpaired) electrons.